The average molecular weight is 859 g/mol. The van der Waals surface area contributed by atoms with E-state index >= 15 is 0 Å². The molecule has 3 N–H and O–H groups in total. The van der Waals surface area contributed by atoms with E-state index in [1.54, 1.807) is 0 Å². The Morgan fingerprint density at radius 2 is 0.915 bits per heavy atom. The molecule has 0 aromatic heterocycles. The van der Waals surface area contributed by atoms with Crippen LogP contribution in [0.4, 0.5) is 0 Å². The SMILES string of the molecule is CCCCC/C=C\C/C=C\CCCCCCCCCC(=O)OC(COCCCCCCCCCCCCCCCCCCCCCCC)COP(=O)(O)OCC(O)CO. The first-order chi connectivity index (χ1) is 28.8. The molecule has 3 atom stereocenters. The molecule has 0 spiro atoms. The van der Waals surface area contributed by atoms with Crippen molar-refractivity contribution in [2.75, 3.05) is 33.0 Å². The Morgan fingerprint density at radius 1 is 0.525 bits per heavy atom. The quantitative estimate of drug-likeness (QED) is 0.0237. The number of rotatable bonds is 48. The minimum Gasteiger partial charge on any atom is -0.457 e. The first-order valence-corrected chi connectivity index (χ1v) is 26.3. The molecule has 0 saturated heterocycles. The molecule has 0 aromatic carbocycles. The van der Waals surface area contributed by atoms with E-state index in [0.29, 0.717) is 6.61 Å². The van der Waals surface area contributed by atoms with Gasteiger partial charge in [0, 0.05) is 13.0 Å². The highest BCUT2D eigenvalue weighted by atomic mass is 31.2. The smallest absolute Gasteiger partial charge is 0.457 e. The summed E-state index contributed by atoms with van der Waals surface area (Å²) in [7, 11) is -4.52. The maximum absolute atomic E-state index is 12.7. The second-order valence-electron chi connectivity index (χ2n) is 16.8. The van der Waals surface area contributed by atoms with E-state index in [9.17, 15) is 19.4 Å². The van der Waals surface area contributed by atoms with Crippen LogP contribution in [0.3, 0.4) is 0 Å². The molecule has 0 radical (unpaired) electrons. The lowest BCUT2D eigenvalue weighted by Crippen LogP contribution is -2.29. The zero-order valence-electron chi connectivity index (χ0n) is 38.5. The van der Waals surface area contributed by atoms with Gasteiger partial charge in [0.2, 0.25) is 0 Å². The van der Waals surface area contributed by atoms with Gasteiger partial charge in [-0.15, -0.1) is 0 Å². The van der Waals surface area contributed by atoms with E-state index in [2.05, 4.69) is 38.2 Å². The predicted octanol–water partition coefficient (Wildman–Crippen LogP) is 14.2. The molecule has 59 heavy (non-hydrogen) atoms. The standard InChI is InChI=1S/C49H95O9P/c1-3-5-7-9-11-13-15-17-19-21-22-23-24-26-28-30-32-34-36-38-40-42-55-45-48(46-57-59(53,54)56-44-47(51)43-50)58-49(52)41-39-37-35-33-31-29-27-25-20-18-16-14-12-10-8-6-4-2/h12,14,18,20,47-48,50-51H,3-11,13,15-17,19,21-46H2,1-2H3,(H,53,54)/b14-12-,20-18-. The van der Waals surface area contributed by atoms with Gasteiger partial charge in [0.25, 0.3) is 0 Å². The number of ether oxygens (including phenoxy) is 2. The summed E-state index contributed by atoms with van der Waals surface area (Å²) in [4.78, 5) is 22.7. The number of hydrogen-bond acceptors (Lipinski definition) is 8. The number of esters is 1. The number of allylic oxidation sites excluding steroid dienone is 4. The highest BCUT2D eigenvalue weighted by Crippen LogP contribution is 2.43. The van der Waals surface area contributed by atoms with Gasteiger partial charge in [-0.25, -0.2) is 4.57 Å². The monoisotopic (exact) mass is 859 g/mol. The van der Waals surface area contributed by atoms with Crippen LogP contribution >= 0.6 is 7.82 Å². The number of hydrogen-bond donors (Lipinski definition) is 3. The number of phosphoric acid groups is 1. The Hall–Kier alpha value is -1.06. The largest absolute Gasteiger partial charge is 0.472 e. The van der Waals surface area contributed by atoms with Gasteiger partial charge in [-0.3, -0.25) is 13.8 Å². The maximum atomic E-state index is 12.7. The molecule has 0 aliphatic heterocycles. The van der Waals surface area contributed by atoms with Crippen LogP contribution in [0.1, 0.15) is 239 Å². The van der Waals surface area contributed by atoms with Crippen LogP contribution in [0.2, 0.25) is 0 Å². The number of aliphatic hydroxyl groups excluding tert-OH is 2. The molecule has 0 aliphatic rings. The first-order valence-electron chi connectivity index (χ1n) is 24.8. The number of carbonyl (C=O) groups excluding carboxylic acids is 1. The summed E-state index contributed by atoms with van der Waals surface area (Å²) in [6.45, 7) is 3.54. The Kier molecular flexibility index (Phi) is 45.6. The van der Waals surface area contributed by atoms with Gasteiger partial charge in [0.05, 0.1) is 26.4 Å². The van der Waals surface area contributed by atoms with Crippen molar-refractivity contribution < 1.29 is 43.0 Å². The average Bonchev–Trinajstić information content (AvgIpc) is 3.23. The zero-order chi connectivity index (χ0) is 43.2. The summed E-state index contributed by atoms with van der Waals surface area (Å²) in [6.07, 6.45) is 50.0. The molecule has 0 rings (SSSR count). The summed E-state index contributed by atoms with van der Waals surface area (Å²) >= 11 is 0. The molecular formula is C49H95O9P. The van der Waals surface area contributed by atoms with Crippen molar-refractivity contribution in [2.45, 2.75) is 251 Å². The normalized spacial score (nSPS) is 14.1. The highest BCUT2D eigenvalue weighted by Gasteiger charge is 2.26. The molecule has 0 bridgehead atoms. The van der Waals surface area contributed by atoms with Crippen LogP contribution in [-0.4, -0.2) is 66.3 Å². The lowest BCUT2D eigenvalue weighted by Gasteiger charge is -2.20. The molecule has 0 amide bonds. The fourth-order valence-corrected chi connectivity index (χ4v) is 7.88. The van der Waals surface area contributed by atoms with Crippen LogP contribution in [0, 0.1) is 0 Å². The Labute approximate surface area is 363 Å². The number of unbranched alkanes of at least 4 members (excludes halogenated alkanes) is 30. The van der Waals surface area contributed by atoms with Gasteiger partial charge in [0.15, 0.2) is 0 Å². The van der Waals surface area contributed by atoms with Gasteiger partial charge in [0.1, 0.15) is 12.2 Å². The van der Waals surface area contributed by atoms with Crippen LogP contribution in [-0.2, 0) is 27.9 Å². The predicted molar refractivity (Wildman–Crippen MR) is 247 cm³/mol. The summed E-state index contributed by atoms with van der Waals surface area (Å²) in [5.74, 6) is -0.386. The fraction of sp³-hybridized carbons (Fsp3) is 0.898. The summed E-state index contributed by atoms with van der Waals surface area (Å²) in [5, 5.41) is 18.4. The summed E-state index contributed by atoms with van der Waals surface area (Å²) in [6, 6.07) is 0. The zero-order valence-corrected chi connectivity index (χ0v) is 39.4. The first kappa shape index (κ1) is 57.9. The molecule has 350 valence electrons. The third kappa shape index (κ3) is 46.3. The van der Waals surface area contributed by atoms with Crippen LogP contribution in [0.15, 0.2) is 24.3 Å². The minimum absolute atomic E-state index is 0.0507. The van der Waals surface area contributed by atoms with Crippen molar-refractivity contribution >= 4 is 13.8 Å². The molecule has 3 unspecified atom stereocenters. The van der Waals surface area contributed by atoms with Gasteiger partial charge in [-0.1, -0.05) is 212 Å². The van der Waals surface area contributed by atoms with E-state index in [1.165, 1.54) is 167 Å². The Bertz CT molecular complexity index is 975. The molecule has 0 saturated carbocycles. The Balaban J connectivity index is 4.06. The van der Waals surface area contributed by atoms with Crippen molar-refractivity contribution in [3.8, 4) is 0 Å². The second-order valence-corrected chi connectivity index (χ2v) is 18.3. The Morgan fingerprint density at radius 3 is 1.39 bits per heavy atom. The molecular weight excluding hydrogens is 764 g/mol. The van der Waals surface area contributed by atoms with Crippen LogP contribution < -0.4 is 0 Å². The second kappa shape index (κ2) is 46.4. The molecule has 9 nitrogen and oxygen atoms in total. The van der Waals surface area contributed by atoms with Gasteiger partial charge < -0.3 is 24.6 Å². The number of carbonyl (C=O) groups is 1. The van der Waals surface area contributed by atoms with Crippen LogP contribution in [0.5, 0.6) is 0 Å². The maximum Gasteiger partial charge on any atom is 0.472 e. The van der Waals surface area contributed by atoms with E-state index in [4.69, 9.17) is 23.6 Å². The van der Waals surface area contributed by atoms with Gasteiger partial charge >= 0.3 is 13.8 Å². The van der Waals surface area contributed by atoms with E-state index < -0.39 is 33.2 Å². The third-order valence-electron chi connectivity index (χ3n) is 10.9. The summed E-state index contributed by atoms with van der Waals surface area (Å²) < 4.78 is 33.5. The lowest BCUT2D eigenvalue weighted by atomic mass is 10.0. The minimum atomic E-state index is -4.52. The van der Waals surface area contributed by atoms with Gasteiger partial charge in [-0.05, 0) is 44.9 Å². The lowest BCUT2D eigenvalue weighted by molar-refractivity contribution is -0.154. The van der Waals surface area contributed by atoms with Crippen molar-refractivity contribution in [2.24, 2.45) is 0 Å². The van der Waals surface area contributed by atoms with E-state index in [0.717, 1.165) is 51.4 Å². The highest BCUT2D eigenvalue weighted by molar-refractivity contribution is 7.47. The fourth-order valence-electron chi connectivity index (χ4n) is 7.09. The topological polar surface area (TPSA) is 132 Å². The van der Waals surface area contributed by atoms with Crippen molar-refractivity contribution in [3.63, 3.8) is 0 Å². The van der Waals surface area contributed by atoms with E-state index in [1.807, 2.05) is 0 Å². The third-order valence-corrected chi connectivity index (χ3v) is 11.8. The molecule has 10 heteroatoms. The number of aliphatic hydroxyl groups is 2. The van der Waals surface area contributed by atoms with Gasteiger partial charge in [-0.2, -0.15) is 0 Å². The molecule has 0 fully saturated rings. The number of phosphoric ester groups is 1. The van der Waals surface area contributed by atoms with Crippen LogP contribution in [0.25, 0.3) is 0 Å². The molecule has 0 aliphatic carbocycles. The molecule has 0 aromatic rings. The van der Waals surface area contributed by atoms with Crippen molar-refractivity contribution in [1.82, 2.24) is 0 Å². The van der Waals surface area contributed by atoms with Crippen molar-refractivity contribution in [3.05, 3.63) is 24.3 Å². The molecule has 0 heterocycles. The summed E-state index contributed by atoms with van der Waals surface area (Å²) in [5.41, 5.74) is 0. The van der Waals surface area contributed by atoms with E-state index in [-0.39, 0.29) is 25.6 Å². The van der Waals surface area contributed by atoms with Crippen molar-refractivity contribution in [1.29, 1.82) is 0 Å².